The van der Waals surface area contributed by atoms with Gasteiger partial charge in [0.1, 0.15) is 0 Å². The fourth-order valence-electron chi connectivity index (χ4n) is 1.93. The Morgan fingerprint density at radius 2 is 2.08 bits per heavy atom. The summed E-state index contributed by atoms with van der Waals surface area (Å²) in [4.78, 5) is 14.0. The fraction of sp³-hybridized carbons (Fsp3) is 0.500. The molecule has 0 aliphatic rings. The topological polar surface area (TPSA) is 135 Å². The largest absolute Gasteiger partial charge is 0.383 e. The molecule has 0 fully saturated rings. The lowest BCUT2D eigenvalue weighted by Gasteiger charge is -2.17. The van der Waals surface area contributed by atoms with Gasteiger partial charge in [-0.1, -0.05) is 6.07 Å². The second kappa shape index (κ2) is 12.0. The number of ether oxygens (including phenoxy) is 1. The third-order valence-electron chi connectivity index (χ3n) is 3.07. The molecule has 0 spiro atoms. The summed E-state index contributed by atoms with van der Waals surface area (Å²) < 4.78 is 31.7. The number of rotatable bonds is 9. The molecule has 0 saturated heterocycles. The molecule has 1 aromatic carbocycles. The maximum atomic E-state index is 12.2. The first-order valence-corrected chi connectivity index (χ1v) is 8.98. The van der Waals surface area contributed by atoms with Crippen LogP contribution in [-0.4, -0.2) is 59.2 Å². The summed E-state index contributed by atoms with van der Waals surface area (Å²) in [6.07, 6.45) is 0. The van der Waals surface area contributed by atoms with E-state index in [-0.39, 0.29) is 53.7 Å². The molecule has 10 nitrogen and oxygen atoms in total. The second-order valence-corrected chi connectivity index (χ2v) is 6.92. The van der Waals surface area contributed by atoms with E-state index in [0.29, 0.717) is 12.6 Å². The van der Waals surface area contributed by atoms with Crippen molar-refractivity contribution in [2.75, 3.05) is 33.9 Å². The molecule has 12 heteroatoms. The van der Waals surface area contributed by atoms with Crippen molar-refractivity contribution in [2.45, 2.75) is 17.9 Å². The third-order valence-corrected chi connectivity index (χ3v) is 4.53. The molecule has 26 heavy (non-hydrogen) atoms. The van der Waals surface area contributed by atoms with Crippen LogP contribution in [0.3, 0.4) is 0 Å². The molecule has 0 aliphatic carbocycles. The van der Waals surface area contributed by atoms with E-state index in [1.165, 1.54) is 18.2 Å². The Hall–Kier alpha value is -1.51. The molecule has 0 bridgehead atoms. The zero-order chi connectivity index (χ0) is 18.9. The van der Waals surface area contributed by atoms with E-state index >= 15 is 0 Å². The number of benzene rings is 1. The normalized spacial score (nSPS) is 12.8. The smallest absolute Gasteiger partial charge is 0.270 e. The van der Waals surface area contributed by atoms with Gasteiger partial charge in [0.05, 0.1) is 16.4 Å². The lowest BCUT2D eigenvalue weighted by molar-refractivity contribution is -0.385. The predicted molar refractivity (Wildman–Crippen MR) is 110 cm³/mol. The predicted octanol–water partition coefficient (Wildman–Crippen LogP) is 0.691. The molecule has 0 amide bonds. The van der Waals surface area contributed by atoms with Crippen molar-refractivity contribution < 1.29 is 18.1 Å². The van der Waals surface area contributed by atoms with Crippen molar-refractivity contribution in [3.63, 3.8) is 0 Å². The molecule has 1 atom stereocenters. The van der Waals surface area contributed by atoms with E-state index in [1.807, 2.05) is 6.92 Å². The lowest BCUT2D eigenvalue weighted by atomic mass is 10.3. The van der Waals surface area contributed by atoms with E-state index in [2.05, 4.69) is 20.3 Å². The van der Waals surface area contributed by atoms with E-state index in [9.17, 15) is 18.5 Å². The molecule has 3 N–H and O–H groups in total. The van der Waals surface area contributed by atoms with Gasteiger partial charge in [0.15, 0.2) is 5.96 Å². The molecule has 0 radical (unpaired) electrons. The number of halogens is 1. The van der Waals surface area contributed by atoms with Crippen LogP contribution in [0.1, 0.15) is 6.92 Å². The van der Waals surface area contributed by atoms with E-state index in [4.69, 9.17) is 4.74 Å². The fourth-order valence-corrected chi connectivity index (χ4v) is 3.00. The van der Waals surface area contributed by atoms with E-state index in [1.54, 1.807) is 14.2 Å². The van der Waals surface area contributed by atoms with Gasteiger partial charge in [-0.3, -0.25) is 15.1 Å². The summed E-state index contributed by atoms with van der Waals surface area (Å²) in [7, 11) is -0.634. The Kier molecular flexibility index (Phi) is 11.3. The number of nitro benzene ring substituents is 1. The molecule has 1 rings (SSSR count). The Balaban J connectivity index is 0.00000625. The molecule has 0 aromatic heterocycles. The first-order valence-electron chi connectivity index (χ1n) is 7.50. The monoisotopic (exact) mass is 501 g/mol. The third kappa shape index (κ3) is 8.25. The number of sulfonamides is 1. The van der Waals surface area contributed by atoms with Gasteiger partial charge in [-0.2, -0.15) is 0 Å². The zero-order valence-electron chi connectivity index (χ0n) is 14.8. The molecule has 1 unspecified atom stereocenters. The van der Waals surface area contributed by atoms with Crippen molar-refractivity contribution in [1.82, 2.24) is 15.4 Å². The number of aliphatic imine (C=N–C) groups is 1. The SMILES string of the molecule is CN=C(NCCNS(=O)(=O)c1cccc([N+](=O)[O-])c1)NC(C)COC.I. The number of hydrogen-bond acceptors (Lipinski definition) is 6. The number of methoxy groups -OCH3 is 1. The van der Waals surface area contributed by atoms with Crippen molar-refractivity contribution in [3.8, 4) is 0 Å². The minimum atomic E-state index is -3.83. The average Bonchev–Trinajstić information content (AvgIpc) is 2.57. The molecule has 0 aliphatic heterocycles. The minimum absolute atomic E-state index is 0. The maximum absolute atomic E-state index is 12.2. The van der Waals surface area contributed by atoms with Gasteiger partial charge in [0, 0.05) is 45.4 Å². The minimum Gasteiger partial charge on any atom is -0.383 e. The summed E-state index contributed by atoms with van der Waals surface area (Å²) in [5.41, 5.74) is -0.280. The molecule has 0 saturated carbocycles. The lowest BCUT2D eigenvalue weighted by Crippen LogP contribution is -2.46. The van der Waals surface area contributed by atoms with Crippen molar-refractivity contribution >= 4 is 45.6 Å². The summed E-state index contributed by atoms with van der Waals surface area (Å²) >= 11 is 0. The molecular weight excluding hydrogens is 477 g/mol. The highest BCUT2D eigenvalue weighted by molar-refractivity contribution is 14.0. The van der Waals surface area contributed by atoms with Crippen LogP contribution in [0.5, 0.6) is 0 Å². The van der Waals surface area contributed by atoms with Gasteiger partial charge in [0.2, 0.25) is 10.0 Å². The maximum Gasteiger partial charge on any atom is 0.270 e. The highest BCUT2D eigenvalue weighted by Gasteiger charge is 2.17. The number of non-ortho nitro benzene ring substituents is 1. The highest BCUT2D eigenvalue weighted by atomic mass is 127. The second-order valence-electron chi connectivity index (χ2n) is 5.15. The average molecular weight is 501 g/mol. The van der Waals surface area contributed by atoms with Gasteiger partial charge in [-0.25, -0.2) is 13.1 Å². The van der Waals surface area contributed by atoms with Gasteiger partial charge in [-0.05, 0) is 13.0 Å². The van der Waals surface area contributed by atoms with E-state index in [0.717, 1.165) is 6.07 Å². The number of nitrogens with one attached hydrogen (secondary N) is 3. The summed E-state index contributed by atoms with van der Waals surface area (Å²) in [6.45, 7) is 2.79. The highest BCUT2D eigenvalue weighted by Crippen LogP contribution is 2.16. The number of hydrogen-bond donors (Lipinski definition) is 3. The Bertz CT molecular complexity index is 713. The van der Waals surface area contributed by atoms with Gasteiger partial charge in [0.25, 0.3) is 5.69 Å². The standard InChI is InChI=1S/C14H23N5O5S.HI/c1-11(10-24-3)18-14(15-2)16-7-8-17-25(22,23)13-6-4-5-12(9-13)19(20)21;/h4-6,9,11,17H,7-8,10H2,1-3H3,(H2,15,16,18);1H. The Morgan fingerprint density at radius 1 is 1.38 bits per heavy atom. The summed E-state index contributed by atoms with van der Waals surface area (Å²) in [6, 6.07) is 4.92. The van der Waals surface area contributed by atoms with Crippen LogP contribution >= 0.6 is 24.0 Å². The number of nitrogens with zero attached hydrogens (tertiary/aromatic N) is 2. The number of guanidine groups is 1. The summed E-state index contributed by atoms with van der Waals surface area (Å²) in [5.74, 6) is 0.513. The van der Waals surface area contributed by atoms with Crippen LogP contribution in [0.2, 0.25) is 0 Å². The molecular formula is C14H24IN5O5S. The van der Waals surface area contributed by atoms with Gasteiger partial charge < -0.3 is 15.4 Å². The van der Waals surface area contributed by atoms with Crippen molar-refractivity contribution in [1.29, 1.82) is 0 Å². The molecule has 148 valence electrons. The van der Waals surface area contributed by atoms with Gasteiger partial charge >= 0.3 is 0 Å². The Labute approximate surface area is 170 Å². The molecule has 1 aromatic rings. The Morgan fingerprint density at radius 3 is 2.65 bits per heavy atom. The molecule has 0 heterocycles. The van der Waals surface area contributed by atoms with Crippen molar-refractivity contribution in [3.05, 3.63) is 34.4 Å². The quantitative estimate of drug-likeness (QED) is 0.113. The first kappa shape index (κ1) is 24.5. The van der Waals surface area contributed by atoms with Crippen LogP contribution < -0.4 is 15.4 Å². The van der Waals surface area contributed by atoms with E-state index < -0.39 is 14.9 Å². The van der Waals surface area contributed by atoms with Crippen LogP contribution in [0.25, 0.3) is 0 Å². The van der Waals surface area contributed by atoms with Crippen LogP contribution in [0, 0.1) is 10.1 Å². The van der Waals surface area contributed by atoms with Crippen LogP contribution in [0.15, 0.2) is 34.2 Å². The van der Waals surface area contributed by atoms with Crippen molar-refractivity contribution in [2.24, 2.45) is 4.99 Å². The van der Waals surface area contributed by atoms with Crippen LogP contribution in [-0.2, 0) is 14.8 Å². The first-order chi connectivity index (χ1) is 11.8. The zero-order valence-corrected chi connectivity index (χ0v) is 17.9. The number of nitro groups is 1. The summed E-state index contributed by atoms with van der Waals surface area (Å²) in [5, 5.41) is 16.8. The van der Waals surface area contributed by atoms with Crippen LogP contribution in [0.4, 0.5) is 5.69 Å². The van der Waals surface area contributed by atoms with Gasteiger partial charge in [-0.15, -0.1) is 24.0 Å².